The van der Waals surface area contributed by atoms with Gasteiger partial charge in [-0.1, -0.05) is 30.0 Å². The first-order valence-corrected chi connectivity index (χ1v) is 12.6. The van der Waals surface area contributed by atoms with Gasteiger partial charge in [-0.15, -0.1) is 0 Å². The summed E-state index contributed by atoms with van der Waals surface area (Å²) in [6, 6.07) is 7.62. The Morgan fingerprint density at radius 2 is 1.91 bits per heavy atom. The molecule has 35 heavy (non-hydrogen) atoms. The second kappa shape index (κ2) is 9.40. The summed E-state index contributed by atoms with van der Waals surface area (Å²) in [5.74, 6) is 1.88. The summed E-state index contributed by atoms with van der Waals surface area (Å²) in [7, 11) is 1.69. The van der Waals surface area contributed by atoms with Gasteiger partial charge in [-0.3, -0.25) is 19.1 Å². The molecule has 0 spiro atoms. The van der Waals surface area contributed by atoms with E-state index in [2.05, 4.69) is 11.0 Å². The van der Waals surface area contributed by atoms with Crippen molar-refractivity contribution in [2.45, 2.75) is 32.7 Å². The highest BCUT2D eigenvalue weighted by molar-refractivity contribution is 8.26. The van der Waals surface area contributed by atoms with Crippen molar-refractivity contribution in [1.29, 1.82) is 5.26 Å². The Morgan fingerprint density at radius 3 is 2.66 bits per heavy atom. The molecular weight excluding hydrogens is 484 g/mol. The van der Waals surface area contributed by atoms with E-state index in [1.165, 1.54) is 16.3 Å². The average molecular weight is 509 g/mol. The predicted octanol–water partition coefficient (Wildman–Crippen LogP) is 3.69. The number of amides is 1. The van der Waals surface area contributed by atoms with Crippen LogP contribution in [0, 0.1) is 18.3 Å². The molecule has 180 valence electrons. The molecule has 0 saturated carbocycles. The van der Waals surface area contributed by atoms with Crippen molar-refractivity contribution in [3.63, 3.8) is 0 Å². The van der Waals surface area contributed by atoms with E-state index in [1.54, 1.807) is 24.9 Å². The van der Waals surface area contributed by atoms with Crippen LogP contribution in [0.2, 0.25) is 0 Å². The number of nitriles is 1. The Bertz CT molecular complexity index is 1370. The highest BCUT2D eigenvalue weighted by Gasteiger charge is 2.33. The summed E-state index contributed by atoms with van der Waals surface area (Å²) in [4.78, 5) is 30.5. The molecule has 0 atom stereocenters. The SMILES string of the molecule is Cc1c(C=C2SC(=S)N(Cc3ccc4c(c3)OCO4)C2=O)c(N2CCCCC2)n(C)c(=O)c1C#N. The Labute approximate surface area is 212 Å². The molecule has 10 heteroatoms. The van der Waals surface area contributed by atoms with Gasteiger partial charge in [-0.2, -0.15) is 5.26 Å². The molecule has 8 nitrogen and oxygen atoms in total. The van der Waals surface area contributed by atoms with E-state index in [4.69, 9.17) is 21.7 Å². The Morgan fingerprint density at radius 1 is 1.17 bits per heavy atom. The number of carbonyl (C=O) groups is 1. The first-order chi connectivity index (χ1) is 16.9. The number of ether oxygens (including phenoxy) is 2. The van der Waals surface area contributed by atoms with Crippen LogP contribution in [-0.2, 0) is 18.4 Å². The van der Waals surface area contributed by atoms with Crippen LogP contribution in [0.3, 0.4) is 0 Å². The van der Waals surface area contributed by atoms with Gasteiger partial charge in [0.1, 0.15) is 21.8 Å². The van der Waals surface area contributed by atoms with Gasteiger partial charge >= 0.3 is 0 Å². The lowest BCUT2D eigenvalue weighted by atomic mass is 10.0. The molecule has 0 aliphatic carbocycles. The van der Waals surface area contributed by atoms with Crippen molar-refractivity contribution >= 4 is 46.1 Å². The maximum atomic E-state index is 13.4. The second-order valence-electron chi connectivity index (χ2n) is 8.72. The average Bonchev–Trinajstić information content (AvgIpc) is 3.43. The third-order valence-corrected chi connectivity index (χ3v) is 7.93. The first-order valence-electron chi connectivity index (χ1n) is 11.4. The quantitative estimate of drug-likeness (QED) is 0.457. The van der Waals surface area contributed by atoms with E-state index in [-0.39, 0.29) is 23.8 Å². The Balaban J connectivity index is 1.52. The van der Waals surface area contributed by atoms with Crippen molar-refractivity contribution in [2.24, 2.45) is 7.05 Å². The number of benzene rings is 1. The molecule has 3 aliphatic heterocycles. The van der Waals surface area contributed by atoms with E-state index in [0.29, 0.717) is 38.4 Å². The summed E-state index contributed by atoms with van der Waals surface area (Å²) in [6.07, 6.45) is 5.00. The molecule has 1 aromatic heterocycles. The maximum absolute atomic E-state index is 13.4. The van der Waals surface area contributed by atoms with Crippen LogP contribution in [0.5, 0.6) is 11.5 Å². The smallest absolute Gasteiger partial charge is 0.270 e. The number of hydrogen-bond acceptors (Lipinski definition) is 8. The van der Waals surface area contributed by atoms with Gasteiger partial charge < -0.3 is 14.4 Å². The van der Waals surface area contributed by atoms with Crippen LogP contribution in [0.4, 0.5) is 5.82 Å². The standard InChI is InChI=1S/C25H24N4O4S2/c1-15-17(22(28-8-4-3-5-9-28)27(2)23(30)18(15)12-26)11-21-24(31)29(25(34)35-21)13-16-6-7-19-20(10-16)33-14-32-19/h6-7,10-11H,3-5,8-9,13-14H2,1-2H3. The fourth-order valence-corrected chi connectivity index (χ4v) is 5.93. The summed E-state index contributed by atoms with van der Waals surface area (Å²) in [5, 5.41) is 9.66. The molecule has 2 fully saturated rings. The lowest BCUT2D eigenvalue weighted by Gasteiger charge is -2.32. The van der Waals surface area contributed by atoms with Gasteiger partial charge in [-0.25, -0.2) is 0 Å². The number of thiocarbonyl (C=S) groups is 1. The summed E-state index contributed by atoms with van der Waals surface area (Å²) >= 11 is 6.78. The normalized spacial score (nSPS) is 18.5. The maximum Gasteiger partial charge on any atom is 0.270 e. The van der Waals surface area contributed by atoms with Gasteiger partial charge in [0.25, 0.3) is 11.5 Å². The summed E-state index contributed by atoms with van der Waals surface area (Å²) < 4.78 is 12.8. The third kappa shape index (κ3) is 4.19. The zero-order valence-electron chi connectivity index (χ0n) is 19.5. The molecule has 4 heterocycles. The highest BCUT2D eigenvalue weighted by atomic mass is 32.2. The lowest BCUT2D eigenvalue weighted by molar-refractivity contribution is -0.122. The van der Waals surface area contributed by atoms with Gasteiger partial charge in [0, 0.05) is 25.7 Å². The van der Waals surface area contributed by atoms with Crippen LogP contribution in [0.25, 0.3) is 6.08 Å². The molecule has 0 unspecified atom stereocenters. The van der Waals surface area contributed by atoms with Crippen molar-refractivity contribution in [3.05, 3.63) is 55.7 Å². The summed E-state index contributed by atoms with van der Waals surface area (Å²) in [6.45, 7) is 3.92. The number of carbonyl (C=O) groups excluding carboxylic acids is 1. The molecular formula is C25H24N4O4S2. The van der Waals surface area contributed by atoms with E-state index in [0.717, 1.165) is 43.7 Å². The number of thioether (sulfide) groups is 1. The second-order valence-corrected chi connectivity index (χ2v) is 10.4. The van der Waals surface area contributed by atoms with E-state index < -0.39 is 0 Å². The van der Waals surface area contributed by atoms with Crippen molar-refractivity contribution < 1.29 is 14.3 Å². The molecule has 0 radical (unpaired) electrons. The largest absolute Gasteiger partial charge is 0.454 e. The lowest BCUT2D eigenvalue weighted by Crippen LogP contribution is -2.36. The van der Waals surface area contributed by atoms with E-state index in [1.807, 2.05) is 18.2 Å². The van der Waals surface area contributed by atoms with Gasteiger partial charge in [0.05, 0.1) is 11.4 Å². The first kappa shape index (κ1) is 23.5. The van der Waals surface area contributed by atoms with Crippen molar-refractivity contribution in [1.82, 2.24) is 9.47 Å². The zero-order chi connectivity index (χ0) is 24.7. The van der Waals surface area contributed by atoms with Crippen LogP contribution < -0.4 is 19.9 Å². The van der Waals surface area contributed by atoms with Gasteiger partial charge in [-0.05, 0) is 55.5 Å². The number of fused-ring (bicyclic) bond motifs is 1. The van der Waals surface area contributed by atoms with E-state index >= 15 is 0 Å². The molecule has 0 N–H and O–H groups in total. The van der Waals surface area contributed by atoms with Gasteiger partial charge in [0.15, 0.2) is 11.5 Å². The minimum Gasteiger partial charge on any atom is -0.454 e. The van der Waals surface area contributed by atoms with Crippen LogP contribution in [0.1, 0.15) is 41.5 Å². The molecule has 2 aromatic rings. The molecule has 3 aliphatic rings. The predicted molar refractivity (Wildman–Crippen MR) is 138 cm³/mol. The molecule has 1 amide bonds. The number of aromatic nitrogens is 1. The molecule has 0 bridgehead atoms. The number of anilines is 1. The number of pyridine rings is 1. The number of rotatable bonds is 4. The molecule has 1 aromatic carbocycles. The third-order valence-electron chi connectivity index (χ3n) is 6.55. The highest BCUT2D eigenvalue weighted by Crippen LogP contribution is 2.38. The zero-order valence-corrected chi connectivity index (χ0v) is 21.1. The number of piperidine rings is 1. The molecule has 2 saturated heterocycles. The number of nitrogens with zero attached hydrogens (tertiary/aromatic N) is 4. The van der Waals surface area contributed by atoms with E-state index in [9.17, 15) is 14.9 Å². The van der Waals surface area contributed by atoms with Crippen LogP contribution in [0.15, 0.2) is 27.9 Å². The molecule has 5 rings (SSSR count). The van der Waals surface area contributed by atoms with Crippen molar-refractivity contribution in [3.8, 4) is 17.6 Å². The fourth-order valence-electron chi connectivity index (χ4n) is 4.69. The summed E-state index contributed by atoms with van der Waals surface area (Å²) in [5.41, 5.74) is 1.95. The fraction of sp³-hybridized carbons (Fsp3) is 0.360. The minimum atomic E-state index is -0.321. The Hall–Kier alpha value is -3.29. The topological polar surface area (TPSA) is 87.8 Å². The van der Waals surface area contributed by atoms with Gasteiger partial charge in [0.2, 0.25) is 6.79 Å². The van der Waals surface area contributed by atoms with Crippen LogP contribution in [-0.4, -0.2) is 39.6 Å². The minimum absolute atomic E-state index is 0.0929. The number of hydrogen-bond donors (Lipinski definition) is 0. The van der Waals surface area contributed by atoms with Crippen molar-refractivity contribution in [2.75, 3.05) is 24.8 Å². The van der Waals surface area contributed by atoms with Crippen LogP contribution >= 0.6 is 24.0 Å². The Kier molecular flexibility index (Phi) is 6.30. The monoisotopic (exact) mass is 508 g/mol.